The Labute approximate surface area is 138 Å². The van der Waals surface area contributed by atoms with Crippen LogP contribution in [-0.2, 0) is 6.42 Å². The number of fused-ring (bicyclic) bond motifs is 1. The lowest BCUT2D eigenvalue weighted by molar-refractivity contribution is 0.787. The lowest BCUT2D eigenvalue weighted by Crippen LogP contribution is -1.98. The number of hydrogen-bond donors (Lipinski definition) is 0. The highest BCUT2D eigenvalue weighted by molar-refractivity contribution is 5.72. The molecule has 1 atom stereocenters. The summed E-state index contributed by atoms with van der Waals surface area (Å²) in [4.78, 5) is 0. The summed E-state index contributed by atoms with van der Waals surface area (Å²) in [5.41, 5.74) is 7.05. The molecule has 0 aromatic heterocycles. The number of rotatable bonds is 3. The van der Waals surface area contributed by atoms with Gasteiger partial charge in [0.05, 0.1) is 0 Å². The van der Waals surface area contributed by atoms with E-state index < -0.39 is 0 Å². The van der Waals surface area contributed by atoms with Gasteiger partial charge >= 0.3 is 0 Å². The lowest BCUT2D eigenvalue weighted by Gasteiger charge is -2.15. The zero-order valence-electron chi connectivity index (χ0n) is 13.2. The average Bonchev–Trinajstić information content (AvgIpc) is 3.05. The molecule has 0 amide bonds. The molecule has 0 bridgehead atoms. The van der Waals surface area contributed by atoms with Gasteiger partial charge in [-0.2, -0.15) is 0 Å². The minimum absolute atomic E-state index is 0.530. The van der Waals surface area contributed by atoms with E-state index >= 15 is 0 Å². The Morgan fingerprint density at radius 2 is 1.35 bits per heavy atom. The third kappa shape index (κ3) is 2.85. The second-order valence-electron chi connectivity index (χ2n) is 6.16. The molecule has 1 aliphatic rings. The fraction of sp³-hybridized carbons (Fsp3) is 0.130. The van der Waals surface area contributed by atoms with Gasteiger partial charge < -0.3 is 0 Å². The van der Waals surface area contributed by atoms with Gasteiger partial charge in [0.1, 0.15) is 0 Å². The maximum absolute atomic E-state index is 2.30. The van der Waals surface area contributed by atoms with E-state index in [1.54, 1.807) is 0 Å². The van der Waals surface area contributed by atoms with E-state index in [9.17, 15) is 0 Å². The van der Waals surface area contributed by atoms with E-state index in [2.05, 4.69) is 91.0 Å². The lowest BCUT2D eigenvalue weighted by atomic mass is 9.89. The van der Waals surface area contributed by atoms with Crippen molar-refractivity contribution >= 4 is 12.2 Å². The summed E-state index contributed by atoms with van der Waals surface area (Å²) < 4.78 is 0. The molecule has 23 heavy (non-hydrogen) atoms. The first-order valence-corrected chi connectivity index (χ1v) is 8.32. The topological polar surface area (TPSA) is 0 Å². The molecule has 0 aliphatic heterocycles. The second kappa shape index (κ2) is 6.26. The highest BCUT2D eigenvalue weighted by atomic mass is 14.3. The highest BCUT2D eigenvalue weighted by Crippen LogP contribution is 2.39. The summed E-state index contributed by atoms with van der Waals surface area (Å²) >= 11 is 0. The summed E-state index contributed by atoms with van der Waals surface area (Å²) in [5.74, 6) is 0.530. The fourth-order valence-electron chi connectivity index (χ4n) is 3.61. The van der Waals surface area contributed by atoms with Crippen molar-refractivity contribution in [3.05, 3.63) is 107 Å². The van der Waals surface area contributed by atoms with Gasteiger partial charge in [-0.15, -0.1) is 0 Å². The van der Waals surface area contributed by atoms with Crippen LogP contribution in [0.5, 0.6) is 0 Å². The van der Waals surface area contributed by atoms with Crippen LogP contribution in [0.15, 0.2) is 78.9 Å². The minimum atomic E-state index is 0.530. The summed E-state index contributed by atoms with van der Waals surface area (Å²) in [6.45, 7) is 0. The Morgan fingerprint density at radius 3 is 2.22 bits per heavy atom. The Bertz CT molecular complexity index is 827. The van der Waals surface area contributed by atoms with Gasteiger partial charge in [-0.1, -0.05) is 91.0 Å². The molecule has 0 radical (unpaired) electrons. The van der Waals surface area contributed by atoms with Crippen LogP contribution in [-0.4, -0.2) is 0 Å². The van der Waals surface area contributed by atoms with Gasteiger partial charge in [-0.3, -0.25) is 0 Å². The zero-order chi connectivity index (χ0) is 15.5. The molecule has 3 aromatic rings. The van der Waals surface area contributed by atoms with Gasteiger partial charge in [0, 0.05) is 5.92 Å². The Hall–Kier alpha value is -2.60. The Kier molecular flexibility index (Phi) is 3.81. The molecule has 4 rings (SSSR count). The van der Waals surface area contributed by atoms with Crippen molar-refractivity contribution in [1.29, 1.82) is 0 Å². The van der Waals surface area contributed by atoms with Crippen LogP contribution in [0.3, 0.4) is 0 Å². The van der Waals surface area contributed by atoms with Gasteiger partial charge in [0.15, 0.2) is 0 Å². The van der Waals surface area contributed by atoms with Crippen LogP contribution < -0.4 is 0 Å². The fourth-order valence-corrected chi connectivity index (χ4v) is 3.61. The van der Waals surface area contributed by atoms with Crippen molar-refractivity contribution in [2.75, 3.05) is 0 Å². The van der Waals surface area contributed by atoms with Crippen LogP contribution >= 0.6 is 0 Å². The summed E-state index contributed by atoms with van der Waals surface area (Å²) in [6.07, 6.45) is 6.87. The smallest absolute Gasteiger partial charge is 0.0101 e. The Balaban J connectivity index is 1.70. The maximum Gasteiger partial charge on any atom is 0.0101 e. The standard InChI is InChI=1S/C23H20/c1-2-8-18(9-3-1)14-15-19-10-4-6-12-21(19)23-17-16-20-11-5-7-13-22(20)23/h1-15,23H,16-17H2. The highest BCUT2D eigenvalue weighted by Gasteiger charge is 2.24. The average molecular weight is 296 g/mol. The van der Waals surface area contributed by atoms with Crippen molar-refractivity contribution in [3.63, 3.8) is 0 Å². The zero-order valence-corrected chi connectivity index (χ0v) is 13.2. The third-order valence-corrected chi connectivity index (χ3v) is 4.76. The van der Waals surface area contributed by atoms with Crippen LogP contribution in [0, 0.1) is 0 Å². The molecular formula is C23H20. The molecule has 0 saturated heterocycles. The Morgan fingerprint density at radius 1 is 0.652 bits per heavy atom. The summed E-state index contributed by atoms with van der Waals surface area (Å²) in [6, 6.07) is 28.2. The molecule has 0 fully saturated rings. The molecule has 0 N–H and O–H groups in total. The van der Waals surface area contributed by atoms with Crippen molar-refractivity contribution in [2.45, 2.75) is 18.8 Å². The van der Waals surface area contributed by atoms with Gasteiger partial charge in [-0.05, 0) is 40.7 Å². The molecule has 3 aromatic carbocycles. The molecule has 1 aliphatic carbocycles. The monoisotopic (exact) mass is 296 g/mol. The first kappa shape index (κ1) is 14.0. The van der Waals surface area contributed by atoms with E-state index in [4.69, 9.17) is 0 Å². The molecular weight excluding hydrogens is 276 g/mol. The quantitative estimate of drug-likeness (QED) is 0.525. The molecule has 0 heterocycles. The van der Waals surface area contributed by atoms with Crippen LogP contribution in [0.1, 0.15) is 40.2 Å². The largest absolute Gasteiger partial charge is 0.0622 e. The SMILES string of the molecule is C(=Cc1ccccc1C1CCc2ccccc21)c1ccccc1. The van der Waals surface area contributed by atoms with Gasteiger partial charge in [0.25, 0.3) is 0 Å². The normalized spacial score (nSPS) is 16.6. The molecule has 0 saturated carbocycles. The summed E-state index contributed by atoms with van der Waals surface area (Å²) in [7, 11) is 0. The minimum Gasteiger partial charge on any atom is -0.0622 e. The number of hydrogen-bond acceptors (Lipinski definition) is 0. The van der Waals surface area contributed by atoms with E-state index in [1.165, 1.54) is 40.7 Å². The van der Waals surface area contributed by atoms with Crippen molar-refractivity contribution in [1.82, 2.24) is 0 Å². The molecule has 112 valence electrons. The molecule has 0 heteroatoms. The van der Waals surface area contributed by atoms with Crippen LogP contribution in [0.2, 0.25) is 0 Å². The predicted octanol–water partition coefficient (Wildman–Crippen LogP) is 5.94. The van der Waals surface area contributed by atoms with Gasteiger partial charge in [0.2, 0.25) is 0 Å². The predicted molar refractivity (Wildman–Crippen MR) is 98.4 cm³/mol. The maximum atomic E-state index is 2.30. The molecule has 0 nitrogen and oxygen atoms in total. The first-order chi connectivity index (χ1) is 11.4. The summed E-state index contributed by atoms with van der Waals surface area (Å²) in [5, 5.41) is 0. The van der Waals surface area contributed by atoms with Crippen molar-refractivity contribution < 1.29 is 0 Å². The third-order valence-electron chi connectivity index (χ3n) is 4.76. The van der Waals surface area contributed by atoms with Crippen molar-refractivity contribution in [3.8, 4) is 0 Å². The second-order valence-corrected chi connectivity index (χ2v) is 6.16. The van der Waals surface area contributed by atoms with Crippen molar-refractivity contribution in [2.24, 2.45) is 0 Å². The number of aryl methyl sites for hydroxylation is 1. The van der Waals surface area contributed by atoms with Gasteiger partial charge in [-0.25, -0.2) is 0 Å². The number of benzene rings is 3. The van der Waals surface area contributed by atoms with E-state index in [1.807, 2.05) is 0 Å². The van der Waals surface area contributed by atoms with Crippen LogP contribution in [0.4, 0.5) is 0 Å². The van der Waals surface area contributed by atoms with E-state index in [-0.39, 0.29) is 0 Å². The van der Waals surface area contributed by atoms with Crippen LogP contribution in [0.25, 0.3) is 12.2 Å². The molecule has 1 unspecified atom stereocenters. The van der Waals surface area contributed by atoms with E-state index in [0.717, 1.165) is 0 Å². The molecule has 0 spiro atoms. The first-order valence-electron chi connectivity index (χ1n) is 8.32. The van der Waals surface area contributed by atoms with E-state index in [0.29, 0.717) is 5.92 Å².